The van der Waals surface area contributed by atoms with Crippen LogP contribution in [0.2, 0.25) is 0 Å². The molecule has 0 heterocycles. The minimum absolute atomic E-state index is 0.969. The molecule has 0 aliphatic heterocycles. The van der Waals surface area contributed by atoms with Crippen LogP contribution in [0, 0.1) is 0 Å². The monoisotopic (exact) mass is 578 g/mol. The van der Waals surface area contributed by atoms with Crippen molar-refractivity contribution in [3.8, 4) is 0 Å². The quantitative estimate of drug-likeness (QED) is 0.181. The highest BCUT2D eigenvalue weighted by molar-refractivity contribution is 6.12. The van der Waals surface area contributed by atoms with Crippen molar-refractivity contribution in [2.24, 2.45) is 0 Å². The third-order valence-electron chi connectivity index (χ3n) is 9.12. The smallest absolute Gasteiger partial charge is 0.0567 e. The van der Waals surface area contributed by atoms with Crippen molar-refractivity contribution in [2.45, 2.75) is 12.8 Å². The van der Waals surface area contributed by atoms with Crippen molar-refractivity contribution in [1.29, 1.82) is 0 Å². The van der Waals surface area contributed by atoms with Gasteiger partial charge in [-0.3, -0.25) is 0 Å². The topological polar surface area (TPSA) is 6.48 Å². The molecule has 0 bridgehead atoms. The van der Waals surface area contributed by atoms with Gasteiger partial charge in [0.1, 0.15) is 0 Å². The number of benzene rings is 7. The summed E-state index contributed by atoms with van der Waals surface area (Å²) >= 11 is 0. The molecule has 8 rings (SSSR count). The van der Waals surface area contributed by atoms with E-state index in [2.05, 4.69) is 181 Å². The summed E-state index contributed by atoms with van der Waals surface area (Å²) in [5.41, 5.74) is 8.76. The van der Waals surface area contributed by atoms with Crippen molar-refractivity contribution >= 4 is 60.6 Å². The van der Waals surface area contributed by atoms with Crippen molar-refractivity contribution in [1.82, 2.24) is 0 Å². The van der Waals surface area contributed by atoms with Crippen LogP contribution in [0.15, 0.2) is 170 Å². The highest BCUT2D eigenvalue weighted by atomic mass is 15.1. The zero-order chi connectivity index (χ0) is 30.2. The molecule has 216 valence electrons. The standard InChI is InChI=1S/C43H34N2/c1-44(43-41-17-9-7-13-35(41)29-36-14-8-10-18-42(36)43)37-24-19-32(20-25-37)33-21-26-39(27-22-33)45(38-15-3-2-4-16-38)40-28-23-31-11-5-6-12-34(31)30-40/h2-21,23-26,28-30H,22,27H2,1H3. The second-order valence-electron chi connectivity index (χ2n) is 11.8. The molecule has 0 spiro atoms. The molecule has 0 N–H and O–H groups in total. The minimum Gasteiger partial charge on any atom is -0.344 e. The summed E-state index contributed by atoms with van der Waals surface area (Å²) in [5.74, 6) is 0. The third kappa shape index (κ3) is 5.05. The van der Waals surface area contributed by atoms with E-state index in [4.69, 9.17) is 0 Å². The molecule has 0 unspecified atom stereocenters. The van der Waals surface area contributed by atoms with Crippen LogP contribution in [-0.2, 0) is 0 Å². The predicted molar refractivity (Wildman–Crippen MR) is 194 cm³/mol. The second-order valence-corrected chi connectivity index (χ2v) is 11.8. The number of hydrogen-bond acceptors (Lipinski definition) is 2. The van der Waals surface area contributed by atoms with Gasteiger partial charge in [-0.2, -0.15) is 0 Å². The molecular formula is C43H34N2. The van der Waals surface area contributed by atoms with Crippen LogP contribution in [0.5, 0.6) is 0 Å². The Labute approximate surface area is 264 Å². The van der Waals surface area contributed by atoms with Crippen LogP contribution < -0.4 is 9.80 Å². The summed E-state index contributed by atoms with van der Waals surface area (Å²) in [4.78, 5) is 4.75. The Hall–Kier alpha value is -5.60. The molecule has 45 heavy (non-hydrogen) atoms. The summed E-state index contributed by atoms with van der Waals surface area (Å²) in [5, 5.41) is 7.58. The number of nitrogens with zero attached hydrogens (tertiary/aromatic N) is 2. The van der Waals surface area contributed by atoms with Crippen molar-refractivity contribution < 1.29 is 0 Å². The van der Waals surface area contributed by atoms with Crippen LogP contribution in [0.25, 0.3) is 37.9 Å². The average Bonchev–Trinajstić information content (AvgIpc) is 3.11. The van der Waals surface area contributed by atoms with Gasteiger partial charge in [-0.1, -0.05) is 115 Å². The van der Waals surface area contributed by atoms with Crippen molar-refractivity contribution in [3.63, 3.8) is 0 Å². The van der Waals surface area contributed by atoms with Crippen LogP contribution in [0.4, 0.5) is 22.7 Å². The molecule has 0 atom stereocenters. The van der Waals surface area contributed by atoms with E-state index in [0.717, 1.165) is 12.8 Å². The maximum atomic E-state index is 2.41. The molecule has 0 amide bonds. The molecule has 0 aromatic heterocycles. The van der Waals surface area contributed by atoms with Gasteiger partial charge >= 0.3 is 0 Å². The van der Waals surface area contributed by atoms with E-state index < -0.39 is 0 Å². The lowest BCUT2D eigenvalue weighted by atomic mass is 9.94. The Kier molecular flexibility index (Phi) is 6.88. The van der Waals surface area contributed by atoms with E-state index in [0.29, 0.717) is 0 Å². The fourth-order valence-electron chi connectivity index (χ4n) is 6.81. The third-order valence-corrected chi connectivity index (χ3v) is 9.12. The van der Waals surface area contributed by atoms with Crippen LogP contribution in [0.1, 0.15) is 18.4 Å². The van der Waals surface area contributed by atoms with Gasteiger partial charge in [0.2, 0.25) is 0 Å². The van der Waals surface area contributed by atoms with Crippen LogP contribution in [0.3, 0.4) is 0 Å². The summed E-state index contributed by atoms with van der Waals surface area (Å²) < 4.78 is 0. The first-order chi connectivity index (χ1) is 22.2. The predicted octanol–water partition coefficient (Wildman–Crippen LogP) is 11.8. The Morgan fingerprint density at radius 1 is 0.444 bits per heavy atom. The molecule has 1 aliphatic carbocycles. The van der Waals surface area contributed by atoms with Gasteiger partial charge in [0.15, 0.2) is 0 Å². The molecule has 2 nitrogen and oxygen atoms in total. The number of anilines is 4. The number of para-hydroxylation sites is 1. The first kappa shape index (κ1) is 27.0. The van der Waals surface area contributed by atoms with E-state index >= 15 is 0 Å². The Bertz CT molecular complexity index is 2170. The fraction of sp³-hybridized carbons (Fsp3) is 0.0698. The number of fused-ring (bicyclic) bond motifs is 3. The minimum atomic E-state index is 0.969. The van der Waals surface area contributed by atoms with Crippen LogP contribution in [-0.4, -0.2) is 7.05 Å². The van der Waals surface area contributed by atoms with E-state index in [1.165, 1.54) is 71.9 Å². The summed E-state index contributed by atoms with van der Waals surface area (Å²) in [6.07, 6.45) is 6.58. The summed E-state index contributed by atoms with van der Waals surface area (Å²) in [7, 11) is 2.18. The highest BCUT2D eigenvalue weighted by Crippen LogP contribution is 2.40. The lowest BCUT2D eigenvalue weighted by Crippen LogP contribution is -2.17. The van der Waals surface area contributed by atoms with Gasteiger partial charge in [0.05, 0.1) is 5.69 Å². The molecule has 0 saturated carbocycles. The molecule has 7 aromatic carbocycles. The highest BCUT2D eigenvalue weighted by Gasteiger charge is 2.19. The number of hydrogen-bond donors (Lipinski definition) is 0. The zero-order valence-corrected chi connectivity index (χ0v) is 25.4. The van der Waals surface area contributed by atoms with Crippen LogP contribution >= 0.6 is 0 Å². The lowest BCUT2D eigenvalue weighted by Gasteiger charge is -2.30. The Balaban J connectivity index is 1.11. The van der Waals surface area contributed by atoms with E-state index in [9.17, 15) is 0 Å². The maximum Gasteiger partial charge on any atom is 0.0567 e. The number of rotatable bonds is 6. The molecular weight excluding hydrogens is 544 g/mol. The van der Waals surface area contributed by atoms with Gasteiger partial charge < -0.3 is 9.80 Å². The normalized spacial score (nSPS) is 13.1. The Morgan fingerprint density at radius 2 is 1.04 bits per heavy atom. The first-order valence-electron chi connectivity index (χ1n) is 15.7. The molecule has 1 aliphatic rings. The van der Waals surface area contributed by atoms with Crippen molar-refractivity contribution in [2.75, 3.05) is 16.8 Å². The summed E-state index contributed by atoms with van der Waals surface area (Å²) in [6, 6.07) is 54.8. The molecule has 2 heteroatoms. The van der Waals surface area contributed by atoms with Gasteiger partial charge in [-0.05, 0) is 94.1 Å². The SMILES string of the molecule is CN(c1ccc(C2=CC=C(N(c3ccccc3)c3ccc4ccccc4c3)CC2)cc1)c1c2ccccc2cc2ccccc12. The lowest BCUT2D eigenvalue weighted by molar-refractivity contribution is 0.930. The number of allylic oxidation sites excluding steroid dienone is 4. The molecule has 0 fully saturated rings. The van der Waals surface area contributed by atoms with E-state index in [1.54, 1.807) is 0 Å². The van der Waals surface area contributed by atoms with Crippen molar-refractivity contribution in [3.05, 3.63) is 175 Å². The van der Waals surface area contributed by atoms with Gasteiger partial charge in [0.25, 0.3) is 0 Å². The summed E-state index contributed by atoms with van der Waals surface area (Å²) in [6.45, 7) is 0. The zero-order valence-electron chi connectivity index (χ0n) is 25.4. The van der Waals surface area contributed by atoms with E-state index in [1.807, 2.05) is 0 Å². The maximum absolute atomic E-state index is 2.41. The fourth-order valence-corrected chi connectivity index (χ4v) is 6.81. The molecule has 7 aromatic rings. The van der Waals surface area contributed by atoms with Gasteiger partial charge in [-0.25, -0.2) is 0 Å². The van der Waals surface area contributed by atoms with E-state index in [-0.39, 0.29) is 0 Å². The van der Waals surface area contributed by atoms with Gasteiger partial charge in [0, 0.05) is 40.6 Å². The average molecular weight is 579 g/mol. The first-order valence-corrected chi connectivity index (χ1v) is 15.7. The Morgan fingerprint density at radius 3 is 1.71 bits per heavy atom. The largest absolute Gasteiger partial charge is 0.344 e. The molecule has 0 saturated heterocycles. The van der Waals surface area contributed by atoms with Gasteiger partial charge in [-0.15, -0.1) is 0 Å². The molecule has 0 radical (unpaired) electrons. The second kappa shape index (κ2) is 11.5.